The molecule has 1 fully saturated rings. The predicted molar refractivity (Wildman–Crippen MR) is 92.1 cm³/mol. The molecule has 1 aliphatic heterocycles. The van der Waals surface area contributed by atoms with Crippen LogP contribution in [0.5, 0.6) is 0 Å². The maximum Gasteiger partial charge on any atom is 0.318 e. The van der Waals surface area contributed by atoms with Crippen molar-refractivity contribution < 1.29 is 27.9 Å². The van der Waals surface area contributed by atoms with E-state index in [0.29, 0.717) is 6.54 Å². The predicted octanol–water partition coefficient (Wildman–Crippen LogP) is -0.926. The van der Waals surface area contributed by atoms with E-state index >= 15 is 0 Å². The molecule has 0 saturated carbocycles. The molecule has 0 spiro atoms. The summed E-state index contributed by atoms with van der Waals surface area (Å²) in [5, 5.41) is 13.2. The fourth-order valence-corrected chi connectivity index (χ4v) is 3.60. The smallest absolute Gasteiger partial charge is 0.318 e. The van der Waals surface area contributed by atoms with Crippen molar-refractivity contribution in [3.8, 4) is 0 Å². The first-order chi connectivity index (χ1) is 12.1. The lowest BCUT2D eigenvalue weighted by atomic mass is 10.2. The Morgan fingerprint density at radius 2 is 2.12 bits per heavy atom. The van der Waals surface area contributed by atoms with Gasteiger partial charge in [0.15, 0.2) is 0 Å². The van der Waals surface area contributed by atoms with Crippen molar-refractivity contribution in [2.45, 2.75) is 26.5 Å². The maximum atomic E-state index is 12.5. The molecule has 2 rings (SSSR count). The van der Waals surface area contributed by atoms with Crippen molar-refractivity contribution in [1.82, 2.24) is 19.0 Å². The van der Waals surface area contributed by atoms with E-state index < -0.39 is 28.6 Å². The number of rotatable bonds is 7. The van der Waals surface area contributed by atoms with E-state index in [4.69, 9.17) is 9.84 Å². The number of ether oxygens (including phenoxy) is 1. The summed E-state index contributed by atoms with van der Waals surface area (Å²) in [5.41, 5.74) is 1.71. The van der Waals surface area contributed by atoms with Gasteiger partial charge in [-0.1, -0.05) is 0 Å². The Labute approximate surface area is 152 Å². The molecule has 1 aromatic heterocycles. The number of amides is 1. The summed E-state index contributed by atoms with van der Waals surface area (Å²) in [6, 6.07) is 1.88. The van der Waals surface area contributed by atoms with Crippen LogP contribution in [0.1, 0.15) is 11.4 Å². The van der Waals surface area contributed by atoms with Gasteiger partial charge in [0.1, 0.15) is 13.1 Å². The van der Waals surface area contributed by atoms with Gasteiger partial charge in [0.05, 0.1) is 24.7 Å². The molecule has 146 valence electrons. The molecule has 2 heterocycles. The fourth-order valence-electron chi connectivity index (χ4n) is 2.81. The van der Waals surface area contributed by atoms with Gasteiger partial charge in [-0.2, -0.15) is 9.40 Å². The van der Waals surface area contributed by atoms with Crippen LogP contribution in [0.15, 0.2) is 6.07 Å². The third kappa shape index (κ3) is 5.51. The Kier molecular flexibility index (Phi) is 6.37. The van der Waals surface area contributed by atoms with E-state index in [1.54, 1.807) is 9.58 Å². The Bertz CT molecular complexity index is 775. The number of aliphatic carboxylic acids is 1. The molecule has 1 saturated heterocycles. The normalized spacial score (nSPS) is 18.3. The Hall–Kier alpha value is -1.98. The van der Waals surface area contributed by atoms with Crippen LogP contribution in [-0.4, -0.2) is 89.5 Å². The van der Waals surface area contributed by atoms with Gasteiger partial charge in [-0.25, -0.2) is 8.42 Å². The Morgan fingerprint density at radius 1 is 1.42 bits per heavy atom. The standard InChI is InChI=1S/C15H24N4O6S/c1-11-6-12(2)19(16-11)9-14(20)17-4-5-25-13(7-17)8-18(10-15(21)22)26(3,23)24/h6,13H,4-5,7-10H2,1-3H3,(H,21,22). The van der Waals surface area contributed by atoms with Gasteiger partial charge in [0, 0.05) is 25.3 Å². The fraction of sp³-hybridized carbons (Fsp3) is 0.667. The van der Waals surface area contributed by atoms with Gasteiger partial charge in [0.25, 0.3) is 0 Å². The minimum atomic E-state index is -3.69. The van der Waals surface area contributed by atoms with Crippen molar-refractivity contribution in [2.24, 2.45) is 0 Å². The van der Waals surface area contributed by atoms with Crippen LogP contribution in [0.25, 0.3) is 0 Å². The summed E-state index contributed by atoms with van der Waals surface area (Å²) >= 11 is 0. The van der Waals surface area contributed by atoms with Crippen molar-refractivity contribution >= 4 is 21.9 Å². The van der Waals surface area contributed by atoms with Crippen LogP contribution in [0, 0.1) is 13.8 Å². The zero-order valence-electron chi connectivity index (χ0n) is 15.1. The van der Waals surface area contributed by atoms with E-state index in [1.807, 2.05) is 19.9 Å². The van der Waals surface area contributed by atoms with E-state index in [-0.39, 0.29) is 32.1 Å². The van der Waals surface area contributed by atoms with Crippen LogP contribution in [0.3, 0.4) is 0 Å². The molecule has 0 aliphatic carbocycles. The average Bonchev–Trinajstić information content (AvgIpc) is 2.83. The van der Waals surface area contributed by atoms with Crippen molar-refractivity contribution in [1.29, 1.82) is 0 Å². The summed E-state index contributed by atoms with van der Waals surface area (Å²) in [6.07, 6.45) is 0.368. The first-order valence-corrected chi connectivity index (χ1v) is 9.98. The van der Waals surface area contributed by atoms with Gasteiger partial charge < -0.3 is 14.7 Å². The number of carbonyl (C=O) groups is 2. The van der Waals surface area contributed by atoms with Crippen LogP contribution in [0.4, 0.5) is 0 Å². The summed E-state index contributed by atoms with van der Waals surface area (Å²) in [6.45, 7) is 3.91. The highest BCUT2D eigenvalue weighted by molar-refractivity contribution is 7.88. The number of morpholine rings is 1. The first-order valence-electron chi connectivity index (χ1n) is 8.13. The third-order valence-corrected chi connectivity index (χ3v) is 5.28. The molecule has 26 heavy (non-hydrogen) atoms. The zero-order valence-corrected chi connectivity index (χ0v) is 15.9. The number of aromatic nitrogens is 2. The second-order valence-corrected chi connectivity index (χ2v) is 8.35. The summed E-state index contributed by atoms with van der Waals surface area (Å²) in [7, 11) is -3.69. The number of hydrogen-bond acceptors (Lipinski definition) is 6. The third-order valence-electron chi connectivity index (χ3n) is 4.07. The van der Waals surface area contributed by atoms with Crippen LogP contribution in [-0.2, 0) is 30.9 Å². The molecule has 10 nitrogen and oxygen atoms in total. The molecule has 0 aromatic carbocycles. The molecular weight excluding hydrogens is 364 g/mol. The number of sulfonamides is 1. The van der Waals surface area contributed by atoms with E-state index in [2.05, 4.69) is 5.10 Å². The lowest BCUT2D eigenvalue weighted by molar-refractivity contribution is -0.141. The SMILES string of the molecule is Cc1cc(C)n(CC(=O)N2CCOC(CN(CC(=O)O)S(C)(=O)=O)C2)n1. The van der Waals surface area contributed by atoms with Gasteiger partial charge in [0.2, 0.25) is 15.9 Å². The number of carboxylic acid groups (broad SMARTS) is 1. The zero-order chi connectivity index (χ0) is 19.5. The second-order valence-electron chi connectivity index (χ2n) is 6.37. The molecule has 1 aromatic rings. The molecule has 1 amide bonds. The molecule has 0 bridgehead atoms. The minimum absolute atomic E-state index is 0.0946. The summed E-state index contributed by atoms with van der Waals surface area (Å²) in [5.74, 6) is -1.39. The highest BCUT2D eigenvalue weighted by Gasteiger charge is 2.30. The van der Waals surface area contributed by atoms with Crippen molar-refractivity contribution in [3.63, 3.8) is 0 Å². The average molecular weight is 388 g/mol. The van der Waals surface area contributed by atoms with Crippen LogP contribution < -0.4 is 0 Å². The molecule has 0 radical (unpaired) electrons. The largest absolute Gasteiger partial charge is 0.480 e. The van der Waals surface area contributed by atoms with Gasteiger partial charge in [-0.05, 0) is 19.9 Å². The molecule has 1 aliphatic rings. The minimum Gasteiger partial charge on any atom is -0.480 e. The number of hydrogen-bond donors (Lipinski definition) is 1. The van der Waals surface area contributed by atoms with Gasteiger partial charge >= 0.3 is 5.97 Å². The molecule has 11 heteroatoms. The highest BCUT2D eigenvalue weighted by atomic mass is 32.2. The number of carboxylic acids is 1. The second kappa shape index (κ2) is 8.14. The first kappa shape index (κ1) is 20.3. The lowest BCUT2D eigenvalue weighted by Crippen LogP contribution is -2.51. The van der Waals surface area contributed by atoms with E-state index in [9.17, 15) is 18.0 Å². The molecular formula is C15H24N4O6S. The highest BCUT2D eigenvalue weighted by Crippen LogP contribution is 2.11. The Morgan fingerprint density at radius 3 is 2.65 bits per heavy atom. The van der Waals surface area contributed by atoms with E-state index in [1.165, 1.54) is 0 Å². The van der Waals surface area contributed by atoms with Gasteiger partial charge in [-0.15, -0.1) is 0 Å². The van der Waals surface area contributed by atoms with Crippen LogP contribution >= 0.6 is 0 Å². The number of aryl methyl sites for hydroxylation is 2. The monoisotopic (exact) mass is 388 g/mol. The maximum absolute atomic E-state index is 12.5. The topological polar surface area (TPSA) is 122 Å². The number of nitrogens with zero attached hydrogens (tertiary/aromatic N) is 4. The van der Waals surface area contributed by atoms with Crippen LogP contribution in [0.2, 0.25) is 0 Å². The number of carbonyl (C=O) groups excluding carboxylic acids is 1. The molecule has 1 unspecified atom stereocenters. The van der Waals surface area contributed by atoms with Crippen molar-refractivity contribution in [2.75, 3.05) is 39.0 Å². The Balaban J connectivity index is 2.00. The molecule has 1 atom stereocenters. The quantitative estimate of drug-likeness (QED) is 0.640. The molecule has 1 N–H and O–H groups in total. The summed E-state index contributed by atoms with van der Waals surface area (Å²) < 4.78 is 31.5. The van der Waals surface area contributed by atoms with Gasteiger partial charge in [-0.3, -0.25) is 14.3 Å². The summed E-state index contributed by atoms with van der Waals surface area (Å²) in [4.78, 5) is 25.0. The lowest BCUT2D eigenvalue weighted by Gasteiger charge is -2.35. The van der Waals surface area contributed by atoms with E-state index in [0.717, 1.165) is 21.9 Å². The van der Waals surface area contributed by atoms with Crippen molar-refractivity contribution in [3.05, 3.63) is 17.5 Å².